The molecule has 2 heterocycles. The second-order valence-corrected chi connectivity index (χ2v) is 22.4. The van der Waals surface area contributed by atoms with E-state index in [2.05, 4.69) is 0 Å². The van der Waals surface area contributed by atoms with Gasteiger partial charge in [0.15, 0.2) is 0 Å². The standard InChI is InChI=1S/C42H38O8S8/c43-33(29-13-5-1-6-14-29)47-21-25-51-37-38(52-26-22-48-34(44)30-15-7-2-8-16-30)56-41(55-37)42-57-39(53-27-23-49-35(45)31-17-9-3-10-18-31)40(58-42)54-28-24-50-36(46)32-19-11-4-12-20-32/h1-20,41-42H,21-28H2. The molecule has 0 aliphatic carbocycles. The maximum atomic E-state index is 12.5. The van der Waals surface area contributed by atoms with Crippen LogP contribution < -0.4 is 0 Å². The molecule has 2 aliphatic rings. The van der Waals surface area contributed by atoms with Crippen LogP contribution in [0.15, 0.2) is 138 Å². The highest BCUT2D eigenvalue weighted by Crippen LogP contribution is 2.64. The van der Waals surface area contributed by atoms with E-state index in [9.17, 15) is 19.2 Å². The zero-order valence-electron chi connectivity index (χ0n) is 30.9. The quantitative estimate of drug-likeness (QED) is 0.0449. The molecule has 0 radical (unpaired) electrons. The normalized spacial score (nSPS) is 14.4. The summed E-state index contributed by atoms with van der Waals surface area (Å²) in [5.41, 5.74) is 2.08. The smallest absolute Gasteiger partial charge is 0.338 e. The lowest BCUT2D eigenvalue weighted by atomic mass is 10.2. The van der Waals surface area contributed by atoms with Crippen LogP contribution in [0, 0.1) is 0 Å². The van der Waals surface area contributed by atoms with Gasteiger partial charge in [-0.2, -0.15) is 0 Å². The first-order valence-corrected chi connectivity index (χ1v) is 25.5. The molecule has 2 aliphatic heterocycles. The van der Waals surface area contributed by atoms with Crippen LogP contribution in [0.3, 0.4) is 0 Å². The lowest BCUT2D eigenvalue weighted by molar-refractivity contribution is 0.0521. The van der Waals surface area contributed by atoms with Crippen LogP contribution in [0.5, 0.6) is 0 Å². The van der Waals surface area contributed by atoms with E-state index in [1.54, 1.807) is 95.6 Å². The molecule has 58 heavy (non-hydrogen) atoms. The summed E-state index contributed by atoms with van der Waals surface area (Å²) in [6.45, 7) is 1.07. The molecule has 0 aromatic heterocycles. The van der Waals surface area contributed by atoms with Crippen LogP contribution >= 0.6 is 94.1 Å². The van der Waals surface area contributed by atoms with Crippen molar-refractivity contribution in [3.63, 3.8) is 0 Å². The maximum Gasteiger partial charge on any atom is 0.338 e. The second-order valence-electron chi connectivity index (χ2n) is 11.8. The predicted molar refractivity (Wildman–Crippen MR) is 249 cm³/mol. The van der Waals surface area contributed by atoms with E-state index in [-0.39, 0.29) is 59.5 Å². The van der Waals surface area contributed by atoms with Crippen LogP contribution in [0.2, 0.25) is 0 Å². The molecule has 0 unspecified atom stereocenters. The Labute approximate surface area is 372 Å². The van der Waals surface area contributed by atoms with Gasteiger partial charge in [-0.05, 0) is 48.5 Å². The van der Waals surface area contributed by atoms with Gasteiger partial charge in [0.05, 0.1) is 48.4 Å². The number of hydrogen-bond donors (Lipinski definition) is 0. The maximum absolute atomic E-state index is 12.5. The number of rotatable bonds is 21. The second kappa shape index (κ2) is 24.3. The summed E-state index contributed by atoms with van der Waals surface area (Å²) < 4.78 is 27.2. The van der Waals surface area contributed by atoms with Crippen molar-refractivity contribution >= 4 is 118 Å². The number of esters is 4. The van der Waals surface area contributed by atoms with Gasteiger partial charge in [0, 0.05) is 23.0 Å². The van der Waals surface area contributed by atoms with Gasteiger partial charge in [-0.15, -0.1) is 94.1 Å². The summed E-state index contributed by atoms with van der Waals surface area (Å²) in [4.78, 5) is 50.2. The summed E-state index contributed by atoms with van der Waals surface area (Å²) in [7, 11) is 0. The van der Waals surface area contributed by atoms with Crippen molar-refractivity contribution in [1.29, 1.82) is 0 Å². The lowest BCUT2D eigenvalue weighted by Gasteiger charge is -2.16. The third-order valence-corrected chi connectivity index (χ3v) is 20.2. The Kier molecular flexibility index (Phi) is 18.7. The highest BCUT2D eigenvalue weighted by Gasteiger charge is 2.39. The molecule has 0 amide bonds. The number of carbonyl (C=O) groups excluding carboxylic acids is 4. The SMILES string of the molecule is O=C(OCCSC1=C(SCCOC(=O)c2ccccc2)SC(C2SC(SCCOC(=O)c3ccccc3)=C(SCCOC(=O)c3ccccc3)S2)S1)c1ccccc1. The molecule has 4 aromatic rings. The molecule has 4 aromatic carbocycles. The molecule has 0 saturated heterocycles. The van der Waals surface area contributed by atoms with Crippen molar-refractivity contribution < 1.29 is 38.1 Å². The molecular weight excluding hydrogens is 889 g/mol. The third kappa shape index (κ3) is 14.1. The van der Waals surface area contributed by atoms with E-state index in [1.807, 2.05) is 120 Å². The van der Waals surface area contributed by atoms with Crippen molar-refractivity contribution in [1.82, 2.24) is 0 Å². The summed E-state index contributed by atoms with van der Waals surface area (Å²) in [6, 6.07) is 35.9. The fourth-order valence-corrected chi connectivity index (χ4v) is 18.0. The number of carbonyl (C=O) groups is 4. The van der Waals surface area contributed by atoms with E-state index < -0.39 is 0 Å². The van der Waals surface area contributed by atoms with Crippen LogP contribution in [0.25, 0.3) is 0 Å². The molecule has 0 atom stereocenters. The molecule has 16 heteroatoms. The predicted octanol–water partition coefficient (Wildman–Crippen LogP) is 11.2. The zero-order chi connectivity index (χ0) is 40.4. The summed E-state index contributed by atoms with van der Waals surface area (Å²) in [6.07, 6.45) is 0. The Hall–Kier alpha value is -2.96. The van der Waals surface area contributed by atoms with E-state index in [0.717, 1.165) is 16.9 Å². The zero-order valence-corrected chi connectivity index (χ0v) is 37.4. The van der Waals surface area contributed by atoms with Crippen LogP contribution in [0.1, 0.15) is 41.4 Å². The monoisotopic (exact) mass is 926 g/mol. The molecule has 0 saturated carbocycles. The third-order valence-electron chi connectivity index (χ3n) is 7.68. The fraction of sp³-hybridized carbons (Fsp3) is 0.238. The molecule has 0 spiro atoms. The Morgan fingerprint density at radius 2 is 0.569 bits per heavy atom. The largest absolute Gasteiger partial charge is 0.461 e. The van der Waals surface area contributed by atoms with Gasteiger partial charge in [0.2, 0.25) is 0 Å². The van der Waals surface area contributed by atoms with E-state index in [1.165, 1.54) is 0 Å². The number of ether oxygens (including phenoxy) is 4. The van der Waals surface area contributed by atoms with Gasteiger partial charge in [-0.3, -0.25) is 0 Å². The van der Waals surface area contributed by atoms with Gasteiger partial charge in [-0.1, -0.05) is 72.8 Å². The van der Waals surface area contributed by atoms with Crippen LogP contribution in [-0.4, -0.2) is 82.5 Å². The van der Waals surface area contributed by atoms with E-state index >= 15 is 0 Å². The average Bonchev–Trinajstić information content (AvgIpc) is 3.88. The van der Waals surface area contributed by atoms with Crippen LogP contribution in [0.4, 0.5) is 0 Å². The van der Waals surface area contributed by atoms with Crippen molar-refractivity contribution in [2.24, 2.45) is 0 Å². The molecule has 0 fully saturated rings. The Morgan fingerprint density at radius 3 is 0.776 bits per heavy atom. The molecule has 302 valence electrons. The van der Waals surface area contributed by atoms with Gasteiger partial charge in [0.25, 0.3) is 0 Å². The Bertz CT molecular complexity index is 1750. The Morgan fingerprint density at radius 1 is 0.362 bits per heavy atom. The van der Waals surface area contributed by atoms with Crippen molar-refractivity contribution in [2.75, 3.05) is 49.4 Å². The number of benzene rings is 4. The van der Waals surface area contributed by atoms with Gasteiger partial charge < -0.3 is 18.9 Å². The van der Waals surface area contributed by atoms with Gasteiger partial charge >= 0.3 is 23.9 Å². The highest BCUT2D eigenvalue weighted by molar-refractivity contribution is 8.42. The first kappa shape index (κ1) is 44.6. The number of thioether (sulfide) groups is 8. The molecule has 0 N–H and O–H groups in total. The summed E-state index contributed by atoms with van der Waals surface area (Å²) in [5, 5.41) is 0. The summed E-state index contributed by atoms with van der Waals surface area (Å²) in [5.74, 6) is 0.988. The van der Waals surface area contributed by atoms with Crippen molar-refractivity contribution in [3.8, 4) is 0 Å². The first-order chi connectivity index (χ1) is 28.4. The van der Waals surface area contributed by atoms with E-state index in [0.29, 0.717) is 45.3 Å². The molecular formula is C42H38O8S8. The molecule has 8 nitrogen and oxygen atoms in total. The first-order valence-electron chi connectivity index (χ1n) is 18.0. The minimum Gasteiger partial charge on any atom is -0.461 e. The Balaban J connectivity index is 1.05. The van der Waals surface area contributed by atoms with Gasteiger partial charge in [-0.25, -0.2) is 19.2 Å². The number of hydrogen-bond acceptors (Lipinski definition) is 16. The van der Waals surface area contributed by atoms with Gasteiger partial charge in [0.1, 0.15) is 26.4 Å². The summed E-state index contributed by atoms with van der Waals surface area (Å²) >= 11 is 13.9. The lowest BCUT2D eigenvalue weighted by Crippen LogP contribution is -2.09. The molecule has 0 bridgehead atoms. The minimum atomic E-state index is -0.346. The minimum absolute atomic E-state index is 0.166. The average molecular weight is 927 g/mol. The van der Waals surface area contributed by atoms with Crippen molar-refractivity contribution in [3.05, 3.63) is 161 Å². The van der Waals surface area contributed by atoms with Crippen LogP contribution in [-0.2, 0) is 18.9 Å². The highest BCUT2D eigenvalue weighted by atomic mass is 32.3. The molecule has 6 rings (SSSR count). The topological polar surface area (TPSA) is 105 Å². The van der Waals surface area contributed by atoms with Crippen molar-refractivity contribution in [2.45, 2.75) is 9.16 Å². The van der Waals surface area contributed by atoms with E-state index in [4.69, 9.17) is 18.9 Å². The fourth-order valence-electron chi connectivity index (χ4n) is 4.96.